The highest BCUT2D eigenvalue weighted by Crippen LogP contribution is 2.36. The van der Waals surface area contributed by atoms with Gasteiger partial charge >= 0.3 is 5.97 Å². The molecule has 0 spiro atoms. The lowest BCUT2D eigenvalue weighted by molar-refractivity contribution is 0.0695. The molecule has 1 fully saturated rings. The molecule has 0 aromatic carbocycles. The lowest BCUT2D eigenvalue weighted by Crippen LogP contribution is -2.21. The van der Waals surface area contributed by atoms with Gasteiger partial charge < -0.3 is 10.8 Å². The number of rotatable bonds is 3. The minimum absolute atomic E-state index is 0.175. The summed E-state index contributed by atoms with van der Waals surface area (Å²) in [5, 5.41) is 9.04. The standard InChI is InChI=1S/C12H15BrN2O2/c13-9-8(12(16)17)5-6-15-11(9)10(14)7-3-1-2-4-7/h5-7,10H,1-4,14H2,(H,16,17)/t10-/m0/s1. The summed E-state index contributed by atoms with van der Waals surface area (Å²) in [5.41, 5.74) is 7.07. The van der Waals surface area contributed by atoms with Crippen LogP contribution in [0.4, 0.5) is 0 Å². The number of hydrogen-bond acceptors (Lipinski definition) is 3. The maximum atomic E-state index is 11.0. The zero-order valence-corrected chi connectivity index (χ0v) is 11.0. The fraction of sp³-hybridized carbons (Fsp3) is 0.500. The third-order valence-corrected chi connectivity index (χ3v) is 4.20. The summed E-state index contributed by atoms with van der Waals surface area (Å²) in [6.45, 7) is 0. The molecule has 0 bridgehead atoms. The van der Waals surface area contributed by atoms with Gasteiger partial charge in [-0.05, 0) is 40.8 Å². The van der Waals surface area contributed by atoms with Crippen LogP contribution >= 0.6 is 15.9 Å². The highest BCUT2D eigenvalue weighted by molar-refractivity contribution is 9.10. The van der Waals surface area contributed by atoms with Gasteiger partial charge in [-0.3, -0.25) is 4.98 Å². The molecule has 17 heavy (non-hydrogen) atoms. The van der Waals surface area contributed by atoms with E-state index in [9.17, 15) is 4.79 Å². The number of aromatic nitrogens is 1. The monoisotopic (exact) mass is 298 g/mol. The van der Waals surface area contributed by atoms with E-state index in [2.05, 4.69) is 20.9 Å². The molecule has 0 aliphatic heterocycles. The zero-order chi connectivity index (χ0) is 12.4. The molecule has 1 heterocycles. The van der Waals surface area contributed by atoms with E-state index in [1.807, 2.05) is 0 Å². The molecule has 1 aliphatic rings. The third-order valence-electron chi connectivity index (χ3n) is 3.37. The van der Waals surface area contributed by atoms with Crippen molar-refractivity contribution in [3.63, 3.8) is 0 Å². The average molecular weight is 299 g/mol. The van der Waals surface area contributed by atoms with Crippen LogP contribution in [0.1, 0.15) is 47.8 Å². The summed E-state index contributed by atoms with van der Waals surface area (Å²) in [4.78, 5) is 15.2. The van der Waals surface area contributed by atoms with Crippen LogP contribution in [-0.4, -0.2) is 16.1 Å². The van der Waals surface area contributed by atoms with Gasteiger partial charge in [0, 0.05) is 6.20 Å². The molecule has 5 heteroatoms. The molecule has 1 aliphatic carbocycles. The van der Waals surface area contributed by atoms with E-state index in [0.717, 1.165) is 12.8 Å². The van der Waals surface area contributed by atoms with Crippen molar-refractivity contribution in [1.29, 1.82) is 0 Å². The van der Waals surface area contributed by atoms with Gasteiger partial charge in [0.15, 0.2) is 0 Å². The fourth-order valence-corrected chi connectivity index (χ4v) is 3.07. The first-order valence-corrected chi connectivity index (χ1v) is 6.54. The SMILES string of the molecule is N[C@H](c1nccc(C(=O)O)c1Br)C1CCCC1. The maximum absolute atomic E-state index is 11.0. The van der Waals surface area contributed by atoms with E-state index < -0.39 is 5.97 Å². The second-order valence-corrected chi connectivity index (χ2v) is 5.23. The Labute approximate surface area is 108 Å². The van der Waals surface area contributed by atoms with Crippen molar-refractivity contribution in [2.24, 2.45) is 11.7 Å². The van der Waals surface area contributed by atoms with Crippen LogP contribution in [0.25, 0.3) is 0 Å². The summed E-state index contributed by atoms with van der Waals surface area (Å²) in [5.74, 6) is -0.540. The van der Waals surface area contributed by atoms with Crippen LogP contribution in [0.3, 0.4) is 0 Å². The predicted octanol–water partition coefficient (Wildman–Crippen LogP) is 2.73. The molecular formula is C12H15BrN2O2. The van der Waals surface area contributed by atoms with E-state index in [0.29, 0.717) is 16.1 Å². The van der Waals surface area contributed by atoms with E-state index >= 15 is 0 Å². The quantitative estimate of drug-likeness (QED) is 0.899. The predicted molar refractivity (Wildman–Crippen MR) is 67.8 cm³/mol. The van der Waals surface area contributed by atoms with E-state index in [4.69, 9.17) is 10.8 Å². The van der Waals surface area contributed by atoms with Crippen molar-refractivity contribution < 1.29 is 9.90 Å². The molecule has 0 unspecified atom stereocenters. The molecule has 2 rings (SSSR count). The number of hydrogen-bond donors (Lipinski definition) is 2. The van der Waals surface area contributed by atoms with Gasteiger partial charge in [0.05, 0.1) is 21.8 Å². The highest BCUT2D eigenvalue weighted by atomic mass is 79.9. The number of halogens is 1. The lowest BCUT2D eigenvalue weighted by Gasteiger charge is -2.19. The largest absolute Gasteiger partial charge is 0.478 e. The van der Waals surface area contributed by atoms with Gasteiger partial charge in [0.2, 0.25) is 0 Å². The topological polar surface area (TPSA) is 76.2 Å². The minimum atomic E-state index is -0.959. The van der Waals surface area contributed by atoms with Crippen molar-refractivity contribution >= 4 is 21.9 Å². The van der Waals surface area contributed by atoms with Crippen molar-refractivity contribution in [2.75, 3.05) is 0 Å². The van der Waals surface area contributed by atoms with Crippen molar-refractivity contribution in [3.8, 4) is 0 Å². The van der Waals surface area contributed by atoms with Crippen LogP contribution in [-0.2, 0) is 0 Å². The molecule has 92 valence electrons. The number of pyridine rings is 1. The van der Waals surface area contributed by atoms with Crippen LogP contribution in [0, 0.1) is 5.92 Å². The van der Waals surface area contributed by atoms with Gasteiger partial charge in [-0.2, -0.15) is 0 Å². The maximum Gasteiger partial charge on any atom is 0.336 e. The molecule has 1 atom stereocenters. The minimum Gasteiger partial charge on any atom is -0.478 e. The number of carboxylic acid groups (broad SMARTS) is 1. The van der Waals surface area contributed by atoms with Gasteiger partial charge in [0.1, 0.15) is 0 Å². The summed E-state index contributed by atoms with van der Waals surface area (Å²) in [7, 11) is 0. The smallest absolute Gasteiger partial charge is 0.336 e. The van der Waals surface area contributed by atoms with Gasteiger partial charge in [-0.25, -0.2) is 4.79 Å². The normalized spacial score (nSPS) is 18.2. The van der Waals surface area contributed by atoms with Gasteiger partial charge in [0.25, 0.3) is 0 Å². The average Bonchev–Trinajstić information content (AvgIpc) is 2.81. The number of nitrogens with two attached hydrogens (primary N) is 1. The Balaban J connectivity index is 2.31. The molecule has 0 saturated heterocycles. The molecular weight excluding hydrogens is 284 g/mol. The van der Waals surface area contributed by atoms with E-state index in [-0.39, 0.29) is 11.6 Å². The molecule has 1 aromatic heterocycles. The second kappa shape index (κ2) is 5.14. The van der Waals surface area contributed by atoms with Crippen molar-refractivity contribution in [1.82, 2.24) is 4.98 Å². The molecule has 3 N–H and O–H groups in total. The summed E-state index contributed by atoms with van der Waals surface area (Å²) in [6, 6.07) is 1.31. The molecule has 1 saturated carbocycles. The Morgan fingerprint density at radius 1 is 1.53 bits per heavy atom. The van der Waals surface area contributed by atoms with Gasteiger partial charge in [-0.1, -0.05) is 12.8 Å². The summed E-state index contributed by atoms with van der Waals surface area (Å²) in [6.07, 6.45) is 6.13. The van der Waals surface area contributed by atoms with Crippen LogP contribution in [0.15, 0.2) is 16.7 Å². The molecule has 4 nitrogen and oxygen atoms in total. The second-order valence-electron chi connectivity index (χ2n) is 4.43. The molecule has 0 amide bonds. The summed E-state index contributed by atoms with van der Waals surface area (Å²) >= 11 is 3.31. The van der Waals surface area contributed by atoms with Crippen LogP contribution in [0.2, 0.25) is 0 Å². The van der Waals surface area contributed by atoms with E-state index in [1.165, 1.54) is 25.1 Å². The van der Waals surface area contributed by atoms with Crippen LogP contribution < -0.4 is 5.73 Å². The number of carbonyl (C=O) groups is 1. The number of aromatic carboxylic acids is 1. The molecule has 1 aromatic rings. The van der Waals surface area contributed by atoms with E-state index in [1.54, 1.807) is 0 Å². The Hall–Kier alpha value is -0.940. The fourth-order valence-electron chi connectivity index (χ4n) is 2.40. The Kier molecular flexibility index (Phi) is 3.79. The van der Waals surface area contributed by atoms with Crippen LogP contribution in [0.5, 0.6) is 0 Å². The Bertz CT molecular complexity index is 431. The number of nitrogens with zero attached hydrogens (tertiary/aromatic N) is 1. The van der Waals surface area contributed by atoms with Crippen molar-refractivity contribution in [2.45, 2.75) is 31.7 Å². The number of carboxylic acids is 1. The van der Waals surface area contributed by atoms with Gasteiger partial charge in [-0.15, -0.1) is 0 Å². The first kappa shape index (κ1) is 12.5. The lowest BCUT2D eigenvalue weighted by atomic mass is 9.95. The molecule has 0 radical (unpaired) electrons. The Morgan fingerprint density at radius 2 is 2.18 bits per heavy atom. The highest BCUT2D eigenvalue weighted by Gasteiger charge is 2.27. The Morgan fingerprint density at radius 3 is 2.76 bits per heavy atom. The third kappa shape index (κ3) is 2.50. The first-order valence-electron chi connectivity index (χ1n) is 5.74. The van der Waals surface area contributed by atoms with Crippen molar-refractivity contribution in [3.05, 3.63) is 28.0 Å². The first-order chi connectivity index (χ1) is 8.11. The zero-order valence-electron chi connectivity index (χ0n) is 9.40. The summed E-state index contributed by atoms with van der Waals surface area (Å²) < 4.78 is 0.520.